The number of hydrogen-bond acceptors (Lipinski definition) is 5. The number of amides is 2. The molecule has 7 nitrogen and oxygen atoms in total. The van der Waals surface area contributed by atoms with Gasteiger partial charge in [-0.1, -0.05) is 0 Å². The maximum atomic E-state index is 12.0. The Kier molecular flexibility index (Phi) is 3.57. The average Bonchev–Trinajstić information content (AvgIpc) is 2.63. The van der Waals surface area contributed by atoms with Gasteiger partial charge in [-0.3, -0.25) is 24.6 Å². The van der Waals surface area contributed by atoms with Gasteiger partial charge in [-0.25, -0.2) is 0 Å². The van der Waals surface area contributed by atoms with Gasteiger partial charge in [-0.15, -0.1) is 0 Å². The maximum Gasteiger partial charge on any atom is 0.270 e. The van der Waals surface area contributed by atoms with E-state index >= 15 is 0 Å². The normalized spacial score (nSPS) is 13.8. The number of methoxy groups -OCH3 is 1. The van der Waals surface area contributed by atoms with Gasteiger partial charge in [0.05, 0.1) is 16.1 Å². The second-order valence-electron chi connectivity index (χ2n) is 4.10. The summed E-state index contributed by atoms with van der Waals surface area (Å²) in [5.74, 6) is -0.897. The van der Waals surface area contributed by atoms with E-state index in [1.54, 1.807) is 0 Å². The second kappa shape index (κ2) is 5.15. The van der Waals surface area contributed by atoms with Crippen molar-refractivity contribution in [2.24, 2.45) is 0 Å². The maximum absolute atomic E-state index is 12.0. The zero-order valence-electron chi connectivity index (χ0n) is 10.3. The molecule has 0 aromatic heterocycles. The number of carbonyl (C=O) groups is 2. The molecule has 0 saturated heterocycles. The van der Waals surface area contributed by atoms with E-state index in [0.29, 0.717) is 13.0 Å². The second-order valence-corrected chi connectivity index (χ2v) is 4.10. The van der Waals surface area contributed by atoms with Gasteiger partial charge < -0.3 is 4.74 Å². The van der Waals surface area contributed by atoms with Crippen LogP contribution in [-0.4, -0.2) is 41.9 Å². The smallest absolute Gasteiger partial charge is 0.270 e. The highest BCUT2D eigenvalue weighted by Gasteiger charge is 2.36. The molecule has 2 amide bonds. The molecule has 2 rings (SSSR count). The zero-order valence-corrected chi connectivity index (χ0v) is 10.3. The molecule has 0 spiro atoms. The highest BCUT2D eigenvalue weighted by Crippen LogP contribution is 2.26. The minimum Gasteiger partial charge on any atom is -0.385 e. The zero-order chi connectivity index (χ0) is 14.0. The Morgan fingerprint density at radius 1 is 1.26 bits per heavy atom. The van der Waals surface area contributed by atoms with Gasteiger partial charge in [0, 0.05) is 32.4 Å². The first kappa shape index (κ1) is 13.2. The lowest BCUT2D eigenvalue weighted by Gasteiger charge is -2.12. The van der Waals surface area contributed by atoms with E-state index in [9.17, 15) is 19.7 Å². The minimum absolute atomic E-state index is 0.0941. The van der Waals surface area contributed by atoms with E-state index in [0.717, 1.165) is 11.0 Å². The van der Waals surface area contributed by atoms with Crippen LogP contribution in [0.5, 0.6) is 0 Å². The SMILES string of the molecule is COCCCN1C(=O)c2ccc([N+](=O)[O-])cc2C1=O. The molecule has 0 aliphatic carbocycles. The number of imide groups is 1. The molecule has 1 aromatic rings. The predicted molar refractivity (Wildman–Crippen MR) is 65.0 cm³/mol. The van der Waals surface area contributed by atoms with Gasteiger partial charge in [0.15, 0.2) is 0 Å². The van der Waals surface area contributed by atoms with Crippen LogP contribution in [-0.2, 0) is 4.74 Å². The van der Waals surface area contributed by atoms with E-state index in [1.807, 2.05) is 0 Å². The number of non-ortho nitro benzene ring substituents is 1. The minimum atomic E-state index is -0.592. The molecular weight excluding hydrogens is 252 g/mol. The lowest BCUT2D eigenvalue weighted by Crippen LogP contribution is -2.31. The molecule has 1 heterocycles. The summed E-state index contributed by atoms with van der Waals surface area (Å²) in [7, 11) is 1.53. The van der Waals surface area contributed by atoms with Crippen LogP contribution >= 0.6 is 0 Å². The quantitative estimate of drug-likeness (QED) is 0.345. The number of nitrogens with zero attached hydrogens (tertiary/aromatic N) is 2. The number of nitro benzene ring substituents is 1. The Bertz CT molecular complexity index is 555. The number of benzene rings is 1. The molecule has 0 saturated carbocycles. The Morgan fingerprint density at radius 3 is 2.58 bits per heavy atom. The molecule has 7 heteroatoms. The molecule has 0 bridgehead atoms. The third-order valence-corrected chi connectivity index (χ3v) is 2.90. The Balaban J connectivity index is 2.26. The summed E-state index contributed by atoms with van der Waals surface area (Å²) in [5, 5.41) is 10.7. The predicted octanol–water partition coefficient (Wildman–Crippen LogP) is 1.23. The van der Waals surface area contributed by atoms with Gasteiger partial charge in [-0.05, 0) is 12.5 Å². The summed E-state index contributed by atoms with van der Waals surface area (Å²) in [6, 6.07) is 3.69. The summed E-state index contributed by atoms with van der Waals surface area (Å²) in [5.41, 5.74) is 0.114. The van der Waals surface area contributed by atoms with E-state index < -0.39 is 16.7 Å². The first-order valence-corrected chi connectivity index (χ1v) is 5.70. The van der Waals surface area contributed by atoms with E-state index in [-0.39, 0.29) is 23.4 Å². The molecule has 0 unspecified atom stereocenters. The van der Waals surface area contributed by atoms with Crippen LogP contribution in [0.15, 0.2) is 18.2 Å². The summed E-state index contributed by atoms with van der Waals surface area (Å²) < 4.78 is 4.86. The number of ether oxygens (including phenoxy) is 1. The molecule has 100 valence electrons. The molecule has 0 fully saturated rings. The van der Waals surface area contributed by atoms with Crippen molar-refractivity contribution in [2.75, 3.05) is 20.3 Å². The van der Waals surface area contributed by atoms with Gasteiger partial charge in [-0.2, -0.15) is 0 Å². The van der Waals surface area contributed by atoms with Crippen molar-refractivity contribution in [2.45, 2.75) is 6.42 Å². The van der Waals surface area contributed by atoms with Crippen LogP contribution in [0.25, 0.3) is 0 Å². The standard InChI is InChI=1S/C12H12N2O5/c1-19-6-2-5-13-11(15)9-4-3-8(14(17)18)7-10(9)12(13)16/h3-4,7H,2,5-6H2,1H3. The third-order valence-electron chi connectivity index (χ3n) is 2.90. The molecule has 1 aromatic carbocycles. The Labute approximate surface area is 108 Å². The number of carbonyl (C=O) groups excluding carboxylic acids is 2. The van der Waals surface area contributed by atoms with Crippen molar-refractivity contribution in [3.05, 3.63) is 39.4 Å². The monoisotopic (exact) mass is 264 g/mol. The largest absolute Gasteiger partial charge is 0.385 e. The number of fused-ring (bicyclic) bond motifs is 1. The van der Waals surface area contributed by atoms with Crippen molar-refractivity contribution in [1.82, 2.24) is 4.90 Å². The molecule has 1 aliphatic heterocycles. The molecule has 1 aliphatic rings. The van der Waals surface area contributed by atoms with E-state index in [1.165, 1.54) is 19.2 Å². The van der Waals surface area contributed by atoms with Gasteiger partial charge in [0.1, 0.15) is 0 Å². The molecule has 0 N–H and O–H groups in total. The van der Waals surface area contributed by atoms with E-state index in [2.05, 4.69) is 0 Å². The fraction of sp³-hybridized carbons (Fsp3) is 0.333. The lowest BCUT2D eigenvalue weighted by molar-refractivity contribution is -0.384. The Hall–Kier alpha value is -2.28. The third kappa shape index (κ3) is 2.32. The van der Waals surface area contributed by atoms with E-state index in [4.69, 9.17) is 4.74 Å². The van der Waals surface area contributed by atoms with Crippen molar-refractivity contribution >= 4 is 17.5 Å². The van der Waals surface area contributed by atoms with Crippen LogP contribution in [0.4, 0.5) is 5.69 Å². The first-order valence-electron chi connectivity index (χ1n) is 5.70. The highest BCUT2D eigenvalue weighted by molar-refractivity contribution is 6.21. The van der Waals surface area contributed by atoms with Gasteiger partial charge >= 0.3 is 0 Å². The topological polar surface area (TPSA) is 89.8 Å². The number of nitro groups is 1. The van der Waals surface area contributed by atoms with Crippen LogP contribution in [0, 0.1) is 10.1 Å². The summed E-state index contributed by atoms with van der Waals surface area (Å²) >= 11 is 0. The van der Waals surface area contributed by atoms with Crippen molar-refractivity contribution < 1.29 is 19.2 Å². The van der Waals surface area contributed by atoms with Crippen molar-refractivity contribution in [1.29, 1.82) is 0 Å². The van der Waals surface area contributed by atoms with Crippen LogP contribution in [0.2, 0.25) is 0 Å². The first-order chi connectivity index (χ1) is 9.06. The average molecular weight is 264 g/mol. The number of rotatable bonds is 5. The van der Waals surface area contributed by atoms with Crippen LogP contribution in [0.3, 0.4) is 0 Å². The summed E-state index contributed by atoms with van der Waals surface area (Å²) in [6.07, 6.45) is 0.532. The molecule has 0 radical (unpaired) electrons. The molecule has 19 heavy (non-hydrogen) atoms. The molecular formula is C12H12N2O5. The Morgan fingerprint density at radius 2 is 1.95 bits per heavy atom. The van der Waals surface area contributed by atoms with Crippen molar-refractivity contribution in [3.63, 3.8) is 0 Å². The number of hydrogen-bond donors (Lipinski definition) is 0. The van der Waals surface area contributed by atoms with Crippen LogP contribution < -0.4 is 0 Å². The lowest BCUT2D eigenvalue weighted by atomic mass is 10.1. The highest BCUT2D eigenvalue weighted by atomic mass is 16.6. The molecule has 0 atom stereocenters. The van der Waals surface area contributed by atoms with Gasteiger partial charge in [0.25, 0.3) is 17.5 Å². The summed E-state index contributed by atoms with van der Waals surface area (Å²) in [4.78, 5) is 35.2. The summed E-state index contributed by atoms with van der Waals surface area (Å²) in [6.45, 7) is 0.682. The van der Waals surface area contributed by atoms with Crippen molar-refractivity contribution in [3.8, 4) is 0 Å². The van der Waals surface area contributed by atoms with Crippen LogP contribution in [0.1, 0.15) is 27.1 Å². The fourth-order valence-corrected chi connectivity index (χ4v) is 1.96. The fourth-order valence-electron chi connectivity index (χ4n) is 1.96. The van der Waals surface area contributed by atoms with Gasteiger partial charge in [0.2, 0.25) is 0 Å².